The zero-order valence-corrected chi connectivity index (χ0v) is 4.13. The maximum absolute atomic E-state index is 9.68. The summed E-state index contributed by atoms with van der Waals surface area (Å²) in [4.78, 5) is 9.68. The molecule has 0 aromatic rings. The van der Waals surface area contributed by atoms with Crippen molar-refractivity contribution in [2.24, 2.45) is 0 Å². The SMILES string of the molecule is COC(C=O)CO. The summed E-state index contributed by atoms with van der Waals surface area (Å²) in [5.74, 6) is 0. The smallest absolute Gasteiger partial charge is 0.151 e. The van der Waals surface area contributed by atoms with Gasteiger partial charge in [-0.2, -0.15) is 0 Å². The molecule has 0 heterocycles. The van der Waals surface area contributed by atoms with E-state index in [-0.39, 0.29) is 6.61 Å². The lowest BCUT2D eigenvalue weighted by molar-refractivity contribution is -0.118. The van der Waals surface area contributed by atoms with Gasteiger partial charge in [-0.3, -0.25) is 0 Å². The molecule has 0 bridgehead atoms. The summed E-state index contributed by atoms with van der Waals surface area (Å²) >= 11 is 0. The molecule has 0 aliphatic carbocycles. The highest BCUT2D eigenvalue weighted by molar-refractivity contribution is 5.55. The third-order valence-corrected chi connectivity index (χ3v) is 0.634. The number of hydrogen-bond acceptors (Lipinski definition) is 3. The van der Waals surface area contributed by atoms with Crippen LogP contribution in [0.15, 0.2) is 0 Å². The Morgan fingerprint density at radius 3 is 2.57 bits per heavy atom. The van der Waals surface area contributed by atoms with Crippen molar-refractivity contribution >= 4 is 6.29 Å². The number of aldehydes is 1. The quantitative estimate of drug-likeness (QED) is 0.476. The van der Waals surface area contributed by atoms with Crippen LogP contribution < -0.4 is 0 Å². The first-order valence-corrected chi connectivity index (χ1v) is 1.94. The first-order valence-electron chi connectivity index (χ1n) is 1.94. The van der Waals surface area contributed by atoms with Gasteiger partial charge >= 0.3 is 0 Å². The molecule has 3 heteroatoms. The predicted octanol–water partition coefficient (Wildman–Crippen LogP) is -0.807. The summed E-state index contributed by atoms with van der Waals surface area (Å²) in [5, 5.41) is 8.17. The monoisotopic (exact) mass is 104 g/mol. The lowest BCUT2D eigenvalue weighted by Crippen LogP contribution is -2.16. The van der Waals surface area contributed by atoms with Gasteiger partial charge in [-0.05, 0) is 0 Å². The van der Waals surface area contributed by atoms with E-state index in [0.29, 0.717) is 6.29 Å². The fourth-order valence-electron chi connectivity index (χ4n) is 0.173. The van der Waals surface area contributed by atoms with Crippen molar-refractivity contribution < 1.29 is 14.6 Å². The maximum Gasteiger partial charge on any atom is 0.151 e. The zero-order chi connectivity index (χ0) is 5.70. The van der Waals surface area contributed by atoms with E-state index < -0.39 is 6.10 Å². The Labute approximate surface area is 41.9 Å². The minimum atomic E-state index is -0.639. The molecule has 1 atom stereocenters. The molecule has 0 spiro atoms. The molecule has 0 saturated carbocycles. The van der Waals surface area contributed by atoms with Crippen molar-refractivity contribution in [3.05, 3.63) is 0 Å². The summed E-state index contributed by atoms with van der Waals surface area (Å²) in [6.07, 6.45) is -0.0833. The van der Waals surface area contributed by atoms with Gasteiger partial charge in [-0.15, -0.1) is 0 Å². The minimum Gasteiger partial charge on any atom is -0.393 e. The first kappa shape index (κ1) is 6.59. The molecule has 0 amide bonds. The highest BCUT2D eigenvalue weighted by atomic mass is 16.5. The third-order valence-electron chi connectivity index (χ3n) is 0.634. The van der Waals surface area contributed by atoms with E-state index in [4.69, 9.17) is 5.11 Å². The molecule has 0 aliphatic heterocycles. The molecule has 0 saturated heterocycles. The van der Waals surface area contributed by atoms with E-state index in [9.17, 15) is 4.79 Å². The predicted molar refractivity (Wildman–Crippen MR) is 23.9 cm³/mol. The Morgan fingerprint density at radius 2 is 2.57 bits per heavy atom. The van der Waals surface area contributed by atoms with Crippen LogP contribution in [-0.2, 0) is 9.53 Å². The molecule has 0 aromatic carbocycles. The molecule has 3 nitrogen and oxygen atoms in total. The van der Waals surface area contributed by atoms with E-state index in [1.54, 1.807) is 0 Å². The van der Waals surface area contributed by atoms with Gasteiger partial charge in [0.2, 0.25) is 0 Å². The van der Waals surface area contributed by atoms with E-state index >= 15 is 0 Å². The lowest BCUT2D eigenvalue weighted by Gasteiger charge is -1.99. The average molecular weight is 104 g/mol. The summed E-state index contributed by atoms with van der Waals surface area (Å²) < 4.78 is 4.43. The fraction of sp³-hybridized carbons (Fsp3) is 0.750. The van der Waals surface area contributed by atoms with E-state index in [0.717, 1.165) is 0 Å². The van der Waals surface area contributed by atoms with E-state index in [1.807, 2.05) is 0 Å². The Balaban J connectivity index is 3.16. The Hall–Kier alpha value is -0.410. The second kappa shape index (κ2) is 3.77. The van der Waals surface area contributed by atoms with Crippen molar-refractivity contribution in [2.45, 2.75) is 6.10 Å². The van der Waals surface area contributed by atoms with E-state index in [2.05, 4.69) is 4.74 Å². The van der Waals surface area contributed by atoms with Crippen molar-refractivity contribution in [1.29, 1.82) is 0 Å². The first-order chi connectivity index (χ1) is 3.35. The summed E-state index contributed by atoms with van der Waals surface area (Å²) in [5.41, 5.74) is 0. The molecular weight excluding hydrogens is 96.0 g/mol. The van der Waals surface area contributed by atoms with Crippen LogP contribution in [-0.4, -0.2) is 31.2 Å². The summed E-state index contributed by atoms with van der Waals surface area (Å²) in [7, 11) is 1.37. The topological polar surface area (TPSA) is 46.5 Å². The molecular formula is C4H8O3. The normalized spacial score (nSPS) is 13.4. The van der Waals surface area contributed by atoms with Crippen LogP contribution in [0.25, 0.3) is 0 Å². The number of ether oxygens (including phenoxy) is 1. The number of rotatable bonds is 3. The molecule has 0 rings (SSSR count). The Bertz CT molecular complexity index is 48.9. The standard InChI is InChI=1S/C4H8O3/c1-7-4(2-5)3-6/h2,4,6H,3H2,1H3. The largest absolute Gasteiger partial charge is 0.393 e. The highest BCUT2D eigenvalue weighted by Gasteiger charge is 1.98. The molecule has 0 aliphatic rings. The summed E-state index contributed by atoms with van der Waals surface area (Å²) in [6.45, 7) is -0.236. The van der Waals surface area contributed by atoms with Crippen LogP contribution in [0.1, 0.15) is 0 Å². The van der Waals surface area contributed by atoms with Gasteiger partial charge in [-0.1, -0.05) is 0 Å². The maximum atomic E-state index is 9.68. The number of hydrogen-bond donors (Lipinski definition) is 1. The van der Waals surface area contributed by atoms with Gasteiger partial charge in [0.15, 0.2) is 6.29 Å². The fourth-order valence-corrected chi connectivity index (χ4v) is 0.173. The lowest BCUT2D eigenvalue weighted by atomic mass is 10.4. The molecule has 0 radical (unpaired) electrons. The van der Waals surface area contributed by atoms with Crippen molar-refractivity contribution in [3.8, 4) is 0 Å². The van der Waals surface area contributed by atoms with Crippen LogP contribution in [0.5, 0.6) is 0 Å². The second-order valence-corrected chi connectivity index (χ2v) is 1.09. The van der Waals surface area contributed by atoms with Crippen LogP contribution in [0.4, 0.5) is 0 Å². The van der Waals surface area contributed by atoms with Crippen LogP contribution >= 0.6 is 0 Å². The number of carbonyl (C=O) groups is 1. The minimum absolute atomic E-state index is 0.236. The van der Waals surface area contributed by atoms with Crippen molar-refractivity contribution in [3.63, 3.8) is 0 Å². The van der Waals surface area contributed by atoms with Gasteiger partial charge < -0.3 is 14.6 Å². The van der Waals surface area contributed by atoms with Gasteiger partial charge in [-0.25, -0.2) is 0 Å². The molecule has 7 heavy (non-hydrogen) atoms. The molecule has 0 aromatic heterocycles. The van der Waals surface area contributed by atoms with Gasteiger partial charge in [0.1, 0.15) is 6.10 Å². The third kappa shape index (κ3) is 2.31. The average Bonchev–Trinajstić information content (AvgIpc) is 1.72. The number of aliphatic hydroxyl groups is 1. The molecule has 42 valence electrons. The number of methoxy groups -OCH3 is 1. The van der Waals surface area contributed by atoms with Gasteiger partial charge in [0.05, 0.1) is 6.61 Å². The Morgan fingerprint density at radius 1 is 2.00 bits per heavy atom. The molecule has 0 fully saturated rings. The zero-order valence-electron chi connectivity index (χ0n) is 4.13. The molecule has 1 unspecified atom stereocenters. The van der Waals surface area contributed by atoms with Crippen LogP contribution in [0.3, 0.4) is 0 Å². The highest BCUT2D eigenvalue weighted by Crippen LogP contribution is 1.78. The van der Waals surface area contributed by atoms with E-state index in [1.165, 1.54) is 7.11 Å². The van der Waals surface area contributed by atoms with Crippen LogP contribution in [0, 0.1) is 0 Å². The van der Waals surface area contributed by atoms with Gasteiger partial charge in [0, 0.05) is 7.11 Å². The number of carbonyl (C=O) groups excluding carboxylic acids is 1. The van der Waals surface area contributed by atoms with Crippen LogP contribution in [0.2, 0.25) is 0 Å². The summed E-state index contributed by atoms with van der Waals surface area (Å²) in [6, 6.07) is 0. The van der Waals surface area contributed by atoms with Crippen molar-refractivity contribution in [1.82, 2.24) is 0 Å². The van der Waals surface area contributed by atoms with Gasteiger partial charge in [0.25, 0.3) is 0 Å². The van der Waals surface area contributed by atoms with Crippen molar-refractivity contribution in [2.75, 3.05) is 13.7 Å². The second-order valence-electron chi connectivity index (χ2n) is 1.09. The Kier molecular flexibility index (Phi) is 3.55. The number of aliphatic hydroxyl groups excluding tert-OH is 1. The molecule has 1 N–H and O–H groups in total.